The van der Waals surface area contributed by atoms with E-state index >= 15 is 0 Å². The third-order valence-electron chi connectivity index (χ3n) is 5.06. The molecule has 1 atom stereocenters. The Morgan fingerprint density at radius 1 is 1.32 bits per heavy atom. The third kappa shape index (κ3) is 4.62. The van der Waals surface area contributed by atoms with Gasteiger partial charge in [0.05, 0.1) is 16.5 Å². The minimum atomic E-state index is -3.77. The van der Waals surface area contributed by atoms with Gasteiger partial charge in [0.15, 0.2) is 0 Å². The molecule has 4 rings (SSSR count). The summed E-state index contributed by atoms with van der Waals surface area (Å²) in [5.74, 6) is 0.562. The Kier molecular flexibility index (Phi) is 5.81. The van der Waals surface area contributed by atoms with Gasteiger partial charge in [-0.1, -0.05) is 18.2 Å². The Balaban J connectivity index is 1.66. The van der Waals surface area contributed by atoms with E-state index in [4.69, 9.17) is 9.88 Å². The summed E-state index contributed by atoms with van der Waals surface area (Å²) < 4.78 is 31.2. The molecule has 3 N–H and O–H groups in total. The lowest BCUT2D eigenvalue weighted by atomic mass is 10.0. The summed E-state index contributed by atoms with van der Waals surface area (Å²) in [6.45, 7) is 3.84. The van der Waals surface area contributed by atoms with E-state index in [1.165, 1.54) is 11.3 Å². The van der Waals surface area contributed by atoms with E-state index in [1.54, 1.807) is 12.1 Å². The molecule has 1 aromatic heterocycles. The Morgan fingerprint density at radius 2 is 2.13 bits per heavy atom. The van der Waals surface area contributed by atoms with Crippen molar-refractivity contribution in [1.82, 2.24) is 9.71 Å². The molecule has 2 aromatic carbocycles. The summed E-state index contributed by atoms with van der Waals surface area (Å²) in [4.78, 5) is 5.56. The Morgan fingerprint density at radius 3 is 2.84 bits per heavy atom. The highest BCUT2D eigenvalue weighted by Gasteiger charge is 2.27. The number of nitrogens with one attached hydrogen (secondary N) is 1. The molecule has 0 fully saturated rings. The van der Waals surface area contributed by atoms with Gasteiger partial charge in [0.2, 0.25) is 0 Å². The van der Waals surface area contributed by atoms with Gasteiger partial charge in [0, 0.05) is 17.8 Å². The number of hydrogen-bond acceptors (Lipinski definition) is 6. The lowest BCUT2D eigenvalue weighted by Crippen LogP contribution is -2.33. The van der Waals surface area contributed by atoms with Crippen LogP contribution >= 0.6 is 11.3 Å². The number of nitrogens with two attached hydrogens (primary N) is 1. The number of hydrogen-bond donors (Lipinski definition) is 2. The molecule has 31 heavy (non-hydrogen) atoms. The minimum Gasteiger partial charge on any atom is -0.490 e. The standard InChI is InChI=1S/C22H22N4O3S2/c1-13(2)29-20-9-6-14(10-15(20)11-23)22-25-12-21(30-22)18-5-3-4-17-16(18)7-8-19(17)26-31(24,27)28/h3-6,9-10,12-13,19,26H,7-8H2,1-2H3,(H2,24,27,28)/t19-/m0/s1. The normalized spacial score (nSPS) is 15.6. The molecule has 0 spiro atoms. The van der Waals surface area contributed by atoms with E-state index in [-0.39, 0.29) is 12.1 Å². The van der Waals surface area contributed by atoms with Crippen LogP contribution in [0.2, 0.25) is 0 Å². The molecule has 1 heterocycles. The highest BCUT2D eigenvalue weighted by molar-refractivity contribution is 7.87. The maximum absolute atomic E-state index is 11.5. The second-order valence-corrected chi connectivity index (χ2v) is 10.0. The third-order valence-corrected chi connectivity index (χ3v) is 6.75. The second-order valence-electron chi connectivity index (χ2n) is 7.65. The first kappa shape index (κ1) is 21.5. The smallest absolute Gasteiger partial charge is 0.274 e. The number of fused-ring (bicyclic) bond motifs is 1. The Bertz CT molecular complexity index is 1280. The molecule has 0 amide bonds. The van der Waals surface area contributed by atoms with Gasteiger partial charge in [-0.25, -0.2) is 10.1 Å². The molecule has 9 heteroatoms. The first-order valence-corrected chi connectivity index (χ1v) is 12.2. The molecular formula is C22H22N4O3S2. The summed E-state index contributed by atoms with van der Waals surface area (Å²) in [7, 11) is -3.77. The molecule has 1 aliphatic carbocycles. The van der Waals surface area contributed by atoms with E-state index in [0.29, 0.717) is 17.7 Å². The van der Waals surface area contributed by atoms with Crippen molar-refractivity contribution in [1.29, 1.82) is 5.26 Å². The number of nitriles is 1. The maximum Gasteiger partial charge on any atom is 0.274 e. The minimum absolute atomic E-state index is 0.0165. The zero-order valence-corrected chi connectivity index (χ0v) is 18.8. The SMILES string of the molecule is CC(C)Oc1ccc(-c2ncc(-c3cccc4c3CC[C@@H]4NS(N)(=O)=O)s2)cc1C#N. The van der Waals surface area contributed by atoms with Crippen LogP contribution in [0.25, 0.3) is 21.0 Å². The molecule has 0 unspecified atom stereocenters. The van der Waals surface area contributed by atoms with Gasteiger partial charge in [-0.05, 0) is 61.6 Å². The Labute approximate surface area is 185 Å². The van der Waals surface area contributed by atoms with Crippen LogP contribution < -0.4 is 14.6 Å². The van der Waals surface area contributed by atoms with Crippen LogP contribution in [0.4, 0.5) is 0 Å². The molecular weight excluding hydrogens is 432 g/mol. The van der Waals surface area contributed by atoms with Crippen molar-refractivity contribution in [2.75, 3.05) is 0 Å². The number of thiazole rings is 1. The zero-order chi connectivity index (χ0) is 22.2. The number of nitrogens with zero attached hydrogens (tertiary/aromatic N) is 2. The summed E-state index contributed by atoms with van der Waals surface area (Å²) >= 11 is 1.53. The first-order valence-electron chi connectivity index (χ1n) is 9.84. The average Bonchev–Trinajstić information content (AvgIpc) is 3.34. The van der Waals surface area contributed by atoms with Gasteiger partial charge in [0.1, 0.15) is 16.8 Å². The van der Waals surface area contributed by atoms with Crippen molar-refractivity contribution in [3.05, 3.63) is 59.3 Å². The molecule has 0 bridgehead atoms. The van der Waals surface area contributed by atoms with Crippen LogP contribution in [0, 0.1) is 11.3 Å². The molecule has 1 aliphatic rings. The van der Waals surface area contributed by atoms with E-state index < -0.39 is 10.2 Å². The highest BCUT2D eigenvalue weighted by atomic mass is 32.2. The summed E-state index contributed by atoms with van der Waals surface area (Å²) in [5, 5.41) is 15.5. The van der Waals surface area contributed by atoms with Gasteiger partial charge in [-0.2, -0.15) is 18.4 Å². The predicted molar refractivity (Wildman–Crippen MR) is 121 cm³/mol. The molecule has 0 radical (unpaired) electrons. The van der Waals surface area contributed by atoms with Gasteiger partial charge < -0.3 is 4.74 Å². The molecule has 7 nitrogen and oxygen atoms in total. The lowest BCUT2D eigenvalue weighted by molar-refractivity contribution is 0.242. The van der Waals surface area contributed by atoms with Crippen LogP contribution in [0.3, 0.4) is 0 Å². The zero-order valence-electron chi connectivity index (χ0n) is 17.1. The van der Waals surface area contributed by atoms with Gasteiger partial charge in [0.25, 0.3) is 10.2 Å². The molecule has 3 aromatic rings. The maximum atomic E-state index is 11.5. The van der Waals surface area contributed by atoms with Crippen LogP contribution in [0.15, 0.2) is 42.6 Å². The Hall–Kier alpha value is -2.77. The molecule has 0 saturated heterocycles. The first-order chi connectivity index (χ1) is 14.7. The second kappa shape index (κ2) is 8.40. The fourth-order valence-electron chi connectivity index (χ4n) is 3.85. The predicted octanol–water partition coefficient (Wildman–Crippen LogP) is 3.92. The van der Waals surface area contributed by atoms with Crippen molar-refractivity contribution in [2.24, 2.45) is 5.14 Å². The fraction of sp³-hybridized carbons (Fsp3) is 0.273. The van der Waals surface area contributed by atoms with Crippen LogP contribution in [0.5, 0.6) is 5.75 Å². The van der Waals surface area contributed by atoms with Crippen molar-refractivity contribution < 1.29 is 13.2 Å². The molecule has 0 aliphatic heterocycles. The topological polar surface area (TPSA) is 118 Å². The number of ether oxygens (including phenoxy) is 1. The summed E-state index contributed by atoms with van der Waals surface area (Å²) in [5.41, 5.74) is 4.42. The highest BCUT2D eigenvalue weighted by Crippen LogP contribution is 2.41. The van der Waals surface area contributed by atoms with E-state index in [1.807, 2.05) is 44.3 Å². The van der Waals surface area contributed by atoms with Crippen LogP contribution in [0.1, 0.15) is 43.0 Å². The van der Waals surface area contributed by atoms with Crippen molar-refractivity contribution in [3.8, 4) is 32.8 Å². The van der Waals surface area contributed by atoms with E-state index in [9.17, 15) is 13.7 Å². The van der Waals surface area contributed by atoms with Crippen molar-refractivity contribution in [2.45, 2.75) is 38.8 Å². The van der Waals surface area contributed by atoms with E-state index in [2.05, 4.69) is 15.8 Å². The van der Waals surface area contributed by atoms with Crippen LogP contribution in [-0.4, -0.2) is 19.5 Å². The molecule has 160 valence electrons. The fourth-order valence-corrected chi connectivity index (χ4v) is 5.45. The lowest BCUT2D eigenvalue weighted by Gasteiger charge is -2.12. The van der Waals surface area contributed by atoms with Crippen molar-refractivity contribution in [3.63, 3.8) is 0 Å². The van der Waals surface area contributed by atoms with Crippen LogP contribution in [-0.2, 0) is 16.6 Å². The van der Waals surface area contributed by atoms with Gasteiger partial charge >= 0.3 is 0 Å². The van der Waals surface area contributed by atoms with E-state index in [0.717, 1.165) is 38.6 Å². The molecule has 0 saturated carbocycles. The van der Waals surface area contributed by atoms with Crippen molar-refractivity contribution >= 4 is 21.5 Å². The van der Waals surface area contributed by atoms with Gasteiger partial charge in [-0.15, -0.1) is 11.3 Å². The number of aromatic nitrogens is 1. The summed E-state index contributed by atoms with van der Waals surface area (Å²) in [6, 6.07) is 13.3. The number of benzene rings is 2. The van der Waals surface area contributed by atoms with Gasteiger partial charge in [-0.3, -0.25) is 0 Å². The average molecular weight is 455 g/mol. The quantitative estimate of drug-likeness (QED) is 0.585. The monoisotopic (exact) mass is 454 g/mol. The summed E-state index contributed by atoms with van der Waals surface area (Å²) in [6.07, 6.45) is 3.22. The largest absolute Gasteiger partial charge is 0.490 e. The number of rotatable bonds is 6.